The molecule has 0 fully saturated rings. The SMILES string of the molecule is CCOc1cc([C@H]2C(C#N)=C(N)N(C)C3=C2C(=O)CCC3)ccc1OCc1ccc(F)cc1. The summed E-state index contributed by atoms with van der Waals surface area (Å²) < 4.78 is 24.9. The Balaban J connectivity index is 1.72. The first-order valence-corrected chi connectivity index (χ1v) is 11.0. The molecule has 7 heteroatoms. The third-order valence-corrected chi connectivity index (χ3v) is 6.08. The maximum atomic E-state index is 13.2. The second-order valence-electron chi connectivity index (χ2n) is 8.09. The van der Waals surface area contributed by atoms with E-state index in [1.165, 1.54) is 12.1 Å². The number of halogens is 1. The molecular formula is C26H26FN3O3. The highest BCUT2D eigenvalue weighted by molar-refractivity contribution is 5.99. The van der Waals surface area contributed by atoms with Crippen LogP contribution < -0.4 is 15.2 Å². The van der Waals surface area contributed by atoms with E-state index in [1.807, 2.05) is 19.1 Å². The van der Waals surface area contributed by atoms with Gasteiger partial charge in [0.05, 0.1) is 24.2 Å². The minimum Gasteiger partial charge on any atom is -0.490 e. The van der Waals surface area contributed by atoms with Crippen molar-refractivity contribution in [2.45, 2.75) is 38.7 Å². The Kier molecular flexibility index (Phi) is 6.36. The lowest BCUT2D eigenvalue weighted by atomic mass is 9.76. The quantitative estimate of drug-likeness (QED) is 0.700. The fourth-order valence-electron chi connectivity index (χ4n) is 4.43. The van der Waals surface area contributed by atoms with E-state index in [9.17, 15) is 14.4 Å². The van der Waals surface area contributed by atoms with E-state index in [-0.39, 0.29) is 18.2 Å². The van der Waals surface area contributed by atoms with Crippen LogP contribution in [0.15, 0.2) is 65.1 Å². The summed E-state index contributed by atoms with van der Waals surface area (Å²) in [5.74, 6) is 0.602. The smallest absolute Gasteiger partial charge is 0.161 e. The lowest BCUT2D eigenvalue weighted by Crippen LogP contribution is -2.36. The second kappa shape index (κ2) is 9.37. The van der Waals surface area contributed by atoms with Crippen LogP contribution in [-0.2, 0) is 11.4 Å². The van der Waals surface area contributed by atoms with Crippen molar-refractivity contribution in [3.8, 4) is 17.6 Å². The predicted octanol–water partition coefficient (Wildman–Crippen LogP) is 4.53. The molecule has 2 aliphatic rings. The zero-order valence-corrected chi connectivity index (χ0v) is 18.7. The van der Waals surface area contributed by atoms with Gasteiger partial charge >= 0.3 is 0 Å². The third kappa shape index (κ3) is 4.29. The lowest BCUT2D eigenvalue weighted by Gasteiger charge is -2.37. The monoisotopic (exact) mass is 447 g/mol. The number of nitrogens with two attached hydrogens (primary N) is 1. The first kappa shape index (κ1) is 22.4. The van der Waals surface area contributed by atoms with Gasteiger partial charge in [0, 0.05) is 24.7 Å². The average Bonchev–Trinajstić information content (AvgIpc) is 2.82. The highest BCUT2D eigenvalue weighted by Gasteiger charge is 2.38. The Labute approximate surface area is 192 Å². The molecule has 0 spiro atoms. The van der Waals surface area contributed by atoms with Gasteiger partial charge in [-0.05, 0) is 55.2 Å². The number of carbonyl (C=O) groups excluding carboxylic acids is 1. The van der Waals surface area contributed by atoms with Crippen molar-refractivity contribution >= 4 is 5.78 Å². The number of hydrogen-bond donors (Lipinski definition) is 1. The van der Waals surface area contributed by atoms with Crippen LogP contribution >= 0.6 is 0 Å². The molecule has 0 amide bonds. The van der Waals surface area contributed by atoms with Crippen LogP contribution in [0.1, 0.15) is 43.2 Å². The van der Waals surface area contributed by atoms with E-state index in [4.69, 9.17) is 15.2 Å². The summed E-state index contributed by atoms with van der Waals surface area (Å²) in [5, 5.41) is 9.91. The number of carbonyl (C=O) groups is 1. The molecule has 6 nitrogen and oxygen atoms in total. The fraction of sp³-hybridized carbons (Fsp3) is 0.308. The summed E-state index contributed by atoms with van der Waals surface area (Å²) in [6.45, 7) is 2.54. The van der Waals surface area contributed by atoms with E-state index in [2.05, 4.69) is 6.07 Å². The average molecular weight is 448 g/mol. The molecule has 1 aliphatic carbocycles. The first-order valence-electron chi connectivity index (χ1n) is 11.0. The van der Waals surface area contributed by atoms with E-state index in [1.54, 1.807) is 30.1 Å². The molecule has 1 atom stereocenters. The van der Waals surface area contributed by atoms with Crippen LogP contribution in [0.5, 0.6) is 11.5 Å². The Morgan fingerprint density at radius 3 is 2.61 bits per heavy atom. The zero-order valence-electron chi connectivity index (χ0n) is 18.7. The van der Waals surface area contributed by atoms with E-state index >= 15 is 0 Å². The van der Waals surface area contributed by atoms with Crippen LogP contribution in [0, 0.1) is 17.1 Å². The van der Waals surface area contributed by atoms with Crippen molar-refractivity contribution in [3.05, 3.63) is 82.1 Å². The molecule has 0 bridgehead atoms. The summed E-state index contributed by atoms with van der Waals surface area (Å²) in [6, 6.07) is 13.8. The van der Waals surface area contributed by atoms with Gasteiger partial charge in [0.25, 0.3) is 0 Å². The van der Waals surface area contributed by atoms with Crippen LogP contribution in [0.2, 0.25) is 0 Å². The second-order valence-corrected chi connectivity index (χ2v) is 8.09. The Morgan fingerprint density at radius 2 is 1.91 bits per heavy atom. The summed E-state index contributed by atoms with van der Waals surface area (Å²) in [7, 11) is 1.80. The highest BCUT2D eigenvalue weighted by atomic mass is 19.1. The Morgan fingerprint density at radius 1 is 1.15 bits per heavy atom. The normalized spacial score (nSPS) is 18.2. The predicted molar refractivity (Wildman–Crippen MR) is 122 cm³/mol. The van der Waals surface area contributed by atoms with Crippen molar-refractivity contribution in [2.75, 3.05) is 13.7 Å². The Bertz CT molecular complexity index is 1180. The molecule has 2 N–H and O–H groups in total. The number of nitrogens with zero attached hydrogens (tertiary/aromatic N) is 2. The number of ether oxygens (including phenoxy) is 2. The maximum Gasteiger partial charge on any atom is 0.161 e. The number of allylic oxidation sites excluding steroid dienone is 3. The standard InChI is InChI=1S/C26H26FN3O3/c1-3-32-23-13-17(9-12-22(23)33-15-16-7-10-18(27)11-8-16)24-19(14-28)26(29)30(2)20-5-4-6-21(31)25(20)24/h7-13,24H,3-6,15,29H2,1-2H3/t24-/m0/s1. The number of benzene rings is 2. The van der Waals surface area contributed by atoms with Gasteiger partial charge in [-0.3, -0.25) is 4.79 Å². The molecule has 4 rings (SSSR count). The highest BCUT2D eigenvalue weighted by Crippen LogP contribution is 2.45. The molecule has 1 heterocycles. The molecule has 0 saturated carbocycles. The molecule has 0 saturated heterocycles. The van der Waals surface area contributed by atoms with Crippen molar-refractivity contribution in [1.82, 2.24) is 4.90 Å². The van der Waals surface area contributed by atoms with Crippen LogP contribution in [0.25, 0.3) is 0 Å². The molecule has 33 heavy (non-hydrogen) atoms. The minimum absolute atomic E-state index is 0.0444. The zero-order chi connectivity index (χ0) is 23.5. The van der Waals surface area contributed by atoms with Gasteiger partial charge < -0.3 is 20.1 Å². The van der Waals surface area contributed by atoms with Gasteiger partial charge in [-0.1, -0.05) is 18.2 Å². The minimum atomic E-state index is -0.542. The summed E-state index contributed by atoms with van der Waals surface area (Å²) >= 11 is 0. The molecule has 0 radical (unpaired) electrons. The first-order chi connectivity index (χ1) is 15.9. The molecule has 0 aromatic heterocycles. The molecule has 1 aliphatic heterocycles. The van der Waals surface area contributed by atoms with Crippen molar-refractivity contribution in [1.29, 1.82) is 5.26 Å². The van der Waals surface area contributed by atoms with Crippen molar-refractivity contribution in [2.24, 2.45) is 5.73 Å². The molecule has 170 valence electrons. The van der Waals surface area contributed by atoms with E-state index in [0.717, 1.165) is 29.7 Å². The van der Waals surface area contributed by atoms with E-state index in [0.29, 0.717) is 41.5 Å². The summed E-state index contributed by atoms with van der Waals surface area (Å²) in [5.41, 5.74) is 9.76. The van der Waals surface area contributed by atoms with Crippen molar-refractivity contribution in [3.63, 3.8) is 0 Å². The largest absolute Gasteiger partial charge is 0.490 e. The van der Waals surface area contributed by atoms with Crippen LogP contribution in [-0.4, -0.2) is 24.3 Å². The third-order valence-electron chi connectivity index (χ3n) is 6.08. The molecular weight excluding hydrogens is 421 g/mol. The number of Topliss-reactive ketones (excluding diaryl/α,β-unsaturated/α-hetero) is 1. The number of ketones is 1. The topological polar surface area (TPSA) is 88.6 Å². The van der Waals surface area contributed by atoms with Gasteiger partial charge in [-0.15, -0.1) is 0 Å². The van der Waals surface area contributed by atoms with Crippen LogP contribution in [0.3, 0.4) is 0 Å². The maximum absolute atomic E-state index is 13.2. The summed E-state index contributed by atoms with van der Waals surface area (Å²) in [6.07, 6.45) is 1.97. The van der Waals surface area contributed by atoms with Crippen LogP contribution in [0.4, 0.5) is 4.39 Å². The number of nitriles is 1. The van der Waals surface area contributed by atoms with Gasteiger partial charge in [-0.2, -0.15) is 5.26 Å². The van der Waals surface area contributed by atoms with Gasteiger partial charge in [0.2, 0.25) is 0 Å². The lowest BCUT2D eigenvalue weighted by molar-refractivity contribution is -0.116. The summed E-state index contributed by atoms with van der Waals surface area (Å²) in [4.78, 5) is 14.7. The molecule has 0 unspecified atom stereocenters. The number of hydrogen-bond acceptors (Lipinski definition) is 6. The van der Waals surface area contributed by atoms with E-state index < -0.39 is 5.92 Å². The fourth-order valence-corrected chi connectivity index (χ4v) is 4.43. The van der Waals surface area contributed by atoms with Crippen molar-refractivity contribution < 1.29 is 18.7 Å². The molecule has 2 aromatic rings. The van der Waals surface area contributed by atoms with Gasteiger partial charge in [-0.25, -0.2) is 4.39 Å². The van der Waals surface area contributed by atoms with Gasteiger partial charge in [0.1, 0.15) is 18.2 Å². The molecule has 2 aromatic carbocycles. The number of rotatable bonds is 6. The van der Waals surface area contributed by atoms with Gasteiger partial charge in [0.15, 0.2) is 17.3 Å². The Hall–Kier alpha value is -3.79.